The fraction of sp³-hybridized carbons (Fsp3) is 0.667. The normalized spacial score (nSPS) is 24.9. The van der Waals surface area contributed by atoms with Gasteiger partial charge in [0.15, 0.2) is 0 Å². The van der Waals surface area contributed by atoms with Gasteiger partial charge in [-0.3, -0.25) is 4.79 Å². The lowest BCUT2D eigenvalue weighted by Crippen LogP contribution is -2.24. The molecule has 1 aliphatic heterocycles. The van der Waals surface area contributed by atoms with Gasteiger partial charge in [0.2, 0.25) is 0 Å². The van der Waals surface area contributed by atoms with E-state index in [1.165, 1.54) is 5.75 Å². The fourth-order valence-electron chi connectivity index (χ4n) is 1.96. The molecule has 3 nitrogen and oxygen atoms in total. The number of aromatic amines is 1. The molecule has 1 N–H and O–H groups in total. The van der Waals surface area contributed by atoms with Crippen molar-refractivity contribution < 1.29 is 0 Å². The molecule has 0 saturated carbocycles. The second-order valence-corrected chi connectivity index (χ2v) is 6.87. The Morgan fingerprint density at radius 2 is 2.06 bits per heavy atom. The fourth-order valence-corrected chi connectivity index (χ4v) is 4.97. The summed E-state index contributed by atoms with van der Waals surface area (Å²) in [5, 5.41) is 0.907. The van der Waals surface area contributed by atoms with Crippen molar-refractivity contribution in [3.8, 4) is 0 Å². The molecule has 94 valence electrons. The molecule has 1 aromatic rings. The van der Waals surface area contributed by atoms with E-state index in [9.17, 15) is 4.79 Å². The summed E-state index contributed by atoms with van der Waals surface area (Å²) in [6.07, 6.45) is 1.12. The van der Waals surface area contributed by atoms with Crippen molar-refractivity contribution in [1.82, 2.24) is 9.97 Å². The van der Waals surface area contributed by atoms with Crippen LogP contribution in [0.1, 0.15) is 35.7 Å². The predicted molar refractivity (Wildman–Crippen MR) is 76.1 cm³/mol. The Balaban J connectivity index is 2.35. The monoisotopic (exact) mass is 270 g/mol. The van der Waals surface area contributed by atoms with Gasteiger partial charge in [-0.2, -0.15) is 11.8 Å². The van der Waals surface area contributed by atoms with E-state index in [0.29, 0.717) is 10.5 Å². The van der Waals surface area contributed by atoms with Crippen LogP contribution in [-0.4, -0.2) is 26.7 Å². The van der Waals surface area contributed by atoms with Crippen molar-refractivity contribution in [1.29, 1.82) is 0 Å². The van der Waals surface area contributed by atoms with Crippen molar-refractivity contribution in [2.45, 2.75) is 37.7 Å². The molecule has 0 radical (unpaired) electrons. The van der Waals surface area contributed by atoms with Gasteiger partial charge in [0.1, 0.15) is 5.82 Å². The SMILES string of the molecule is CCC1SCCSC1c1nc(C)c(C)c(=O)[nH]1. The van der Waals surface area contributed by atoms with Gasteiger partial charge in [-0.25, -0.2) is 4.98 Å². The summed E-state index contributed by atoms with van der Waals surface area (Å²) < 4.78 is 0. The highest BCUT2D eigenvalue weighted by molar-refractivity contribution is 8.06. The Hall–Kier alpha value is -0.420. The van der Waals surface area contributed by atoms with E-state index < -0.39 is 0 Å². The molecule has 1 fully saturated rings. The molecule has 0 bridgehead atoms. The van der Waals surface area contributed by atoms with Gasteiger partial charge in [-0.15, -0.1) is 11.8 Å². The molecule has 2 rings (SSSR count). The molecular weight excluding hydrogens is 252 g/mol. The molecule has 5 heteroatoms. The lowest BCUT2D eigenvalue weighted by Gasteiger charge is -2.29. The third kappa shape index (κ3) is 2.71. The summed E-state index contributed by atoms with van der Waals surface area (Å²) >= 11 is 3.92. The number of hydrogen-bond donors (Lipinski definition) is 1. The average molecular weight is 270 g/mol. The zero-order valence-electron chi connectivity index (χ0n) is 10.4. The molecule has 1 aromatic heterocycles. The smallest absolute Gasteiger partial charge is 0.254 e. The van der Waals surface area contributed by atoms with Gasteiger partial charge in [-0.05, 0) is 20.3 Å². The predicted octanol–water partition coefficient (Wildman–Crippen LogP) is 2.69. The Morgan fingerprint density at radius 1 is 1.35 bits per heavy atom. The maximum atomic E-state index is 11.8. The number of hydrogen-bond acceptors (Lipinski definition) is 4. The molecule has 2 heterocycles. The Kier molecular flexibility index (Phi) is 4.20. The van der Waals surface area contributed by atoms with E-state index in [1.54, 1.807) is 0 Å². The van der Waals surface area contributed by atoms with E-state index in [2.05, 4.69) is 16.9 Å². The minimum absolute atomic E-state index is 0.0125. The largest absolute Gasteiger partial charge is 0.309 e. The summed E-state index contributed by atoms with van der Waals surface area (Å²) in [7, 11) is 0. The quantitative estimate of drug-likeness (QED) is 0.897. The van der Waals surface area contributed by atoms with Crippen LogP contribution in [0.15, 0.2) is 4.79 Å². The highest BCUT2D eigenvalue weighted by Gasteiger charge is 2.28. The van der Waals surface area contributed by atoms with Crippen LogP contribution in [0.4, 0.5) is 0 Å². The van der Waals surface area contributed by atoms with E-state index in [-0.39, 0.29) is 5.56 Å². The molecule has 2 atom stereocenters. The second-order valence-electron chi connectivity index (χ2n) is 4.27. The first kappa shape index (κ1) is 13.0. The number of nitrogens with zero attached hydrogens (tertiary/aromatic N) is 1. The second kappa shape index (κ2) is 5.48. The zero-order chi connectivity index (χ0) is 12.4. The molecule has 2 unspecified atom stereocenters. The van der Waals surface area contributed by atoms with Crippen molar-refractivity contribution in [3.05, 3.63) is 27.4 Å². The summed E-state index contributed by atoms with van der Waals surface area (Å²) in [4.78, 5) is 19.3. The first-order chi connectivity index (χ1) is 8.13. The van der Waals surface area contributed by atoms with Gasteiger partial charge in [-0.1, -0.05) is 6.92 Å². The molecule has 0 aliphatic carbocycles. The number of aryl methyl sites for hydroxylation is 1. The van der Waals surface area contributed by atoms with Crippen LogP contribution in [0.3, 0.4) is 0 Å². The average Bonchev–Trinajstić information content (AvgIpc) is 2.35. The number of aromatic nitrogens is 2. The molecule has 1 aliphatic rings. The third-order valence-corrected chi connectivity index (χ3v) is 6.39. The van der Waals surface area contributed by atoms with Crippen LogP contribution in [0.2, 0.25) is 0 Å². The number of rotatable bonds is 2. The Bertz CT molecular complexity index is 458. The Morgan fingerprint density at radius 3 is 2.71 bits per heavy atom. The van der Waals surface area contributed by atoms with Crippen molar-refractivity contribution in [2.75, 3.05) is 11.5 Å². The number of thioether (sulfide) groups is 2. The number of nitrogens with one attached hydrogen (secondary N) is 1. The Labute approximate surface area is 110 Å². The minimum atomic E-state index is 0.0125. The van der Waals surface area contributed by atoms with E-state index in [1.807, 2.05) is 37.4 Å². The lowest BCUT2D eigenvalue weighted by atomic mass is 10.2. The zero-order valence-corrected chi connectivity index (χ0v) is 12.1. The van der Waals surface area contributed by atoms with E-state index in [0.717, 1.165) is 29.3 Å². The van der Waals surface area contributed by atoms with Crippen LogP contribution in [0.25, 0.3) is 0 Å². The molecular formula is C12H18N2OS2. The van der Waals surface area contributed by atoms with Crippen molar-refractivity contribution in [3.63, 3.8) is 0 Å². The van der Waals surface area contributed by atoms with Crippen LogP contribution >= 0.6 is 23.5 Å². The molecule has 17 heavy (non-hydrogen) atoms. The molecule has 0 amide bonds. The molecule has 0 spiro atoms. The van der Waals surface area contributed by atoms with Gasteiger partial charge < -0.3 is 4.98 Å². The topological polar surface area (TPSA) is 45.8 Å². The highest BCUT2D eigenvalue weighted by Crippen LogP contribution is 2.42. The van der Waals surface area contributed by atoms with Crippen molar-refractivity contribution >= 4 is 23.5 Å². The molecule has 0 aromatic carbocycles. The summed E-state index contributed by atoms with van der Waals surface area (Å²) in [6.45, 7) is 5.94. The highest BCUT2D eigenvalue weighted by atomic mass is 32.2. The lowest BCUT2D eigenvalue weighted by molar-refractivity contribution is 0.737. The standard InChI is InChI=1S/C12H18N2OS2/c1-4-9-10(17-6-5-16-9)11-13-8(3)7(2)12(15)14-11/h9-10H,4-6H2,1-3H3,(H,13,14,15). The van der Waals surface area contributed by atoms with Gasteiger partial charge >= 0.3 is 0 Å². The first-order valence-corrected chi connectivity index (χ1v) is 8.03. The maximum absolute atomic E-state index is 11.8. The van der Waals surface area contributed by atoms with Gasteiger partial charge in [0.25, 0.3) is 5.56 Å². The number of H-pyrrole nitrogens is 1. The van der Waals surface area contributed by atoms with Crippen LogP contribution in [0.5, 0.6) is 0 Å². The molecule has 1 saturated heterocycles. The van der Waals surface area contributed by atoms with Crippen LogP contribution in [0, 0.1) is 13.8 Å². The van der Waals surface area contributed by atoms with Crippen LogP contribution in [-0.2, 0) is 0 Å². The van der Waals surface area contributed by atoms with Crippen LogP contribution < -0.4 is 5.56 Å². The first-order valence-electron chi connectivity index (χ1n) is 5.94. The maximum Gasteiger partial charge on any atom is 0.254 e. The van der Waals surface area contributed by atoms with E-state index >= 15 is 0 Å². The van der Waals surface area contributed by atoms with Gasteiger partial charge in [0.05, 0.1) is 5.25 Å². The summed E-state index contributed by atoms with van der Waals surface area (Å²) in [6, 6.07) is 0. The summed E-state index contributed by atoms with van der Waals surface area (Å²) in [5.74, 6) is 3.21. The third-order valence-electron chi connectivity index (χ3n) is 3.14. The summed E-state index contributed by atoms with van der Waals surface area (Å²) in [5.41, 5.74) is 1.60. The minimum Gasteiger partial charge on any atom is -0.309 e. The van der Waals surface area contributed by atoms with Gasteiger partial charge in [0, 0.05) is 28.0 Å². The van der Waals surface area contributed by atoms with E-state index in [4.69, 9.17) is 0 Å². The van der Waals surface area contributed by atoms with Crippen molar-refractivity contribution in [2.24, 2.45) is 0 Å².